The van der Waals surface area contributed by atoms with Crippen molar-refractivity contribution >= 4 is 34.6 Å². The number of hydrogen-bond acceptors (Lipinski definition) is 6. The van der Waals surface area contributed by atoms with Gasteiger partial charge in [-0.2, -0.15) is 0 Å². The zero-order valence-electron chi connectivity index (χ0n) is 12.2. The number of nitrogens with one attached hydrogen (secondary N) is 2. The summed E-state index contributed by atoms with van der Waals surface area (Å²) < 4.78 is 5.24. The van der Waals surface area contributed by atoms with Crippen LogP contribution in [0.3, 0.4) is 0 Å². The molecule has 0 unspecified atom stereocenters. The Morgan fingerprint density at radius 3 is 2.91 bits per heavy atom. The van der Waals surface area contributed by atoms with Gasteiger partial charge in [0.05, 0.1) is 12.8 Å². The lowest BCUT2D eigenvalue weighted by atomic mass is 10.3. The number of benzene rings is 1. The molecule has 2 aromatic heterocycles. The molecule has 0 atom stereocenters. The molecule has 23 heavy (non-hydrogen) atoms. The van der Waals surface area contributed by atoms with Gasteiger partial charge in [0.15, 0.2) is 0 Å². The van der Waals surface area contributed by atoms with Gasteiger partial charge < -0.3 is 10.1 Å². The number of ether oxygens (including phenoxy) is 1. The quantitative estimate of drug-likeness (QED) is 0.740. The van der Waals surface area contributed by atoms with Crippen molar-refractivity contribution in [1.29, 1.82) is 0 Å². The summed E-state index contributed by atoms with van der Waals surface area (Å²) in [6, 6.07) is 9.00. The highest BCUT2D eigenvalue weighted by Gasteiger charge is 2.09. The van der Waals surface area contributed by atoms with E-state index in [-0.39, 0.29) is 11.5 Å². The Morgan fingerprint density at radius 1 is 1.35 bits per heavy atom. The van der Waals surface area contributed by atoms with E-state index in [9.17, 15) is 4.79 Å². The van der Waals surface area contributed by atoms with Crippen LogP contribution in [0.5, 0.6) is 5.75 Å². The fourth-order valence-corrected chi connectivity index (χ4v) is 2.90. The van der Waals surface area contributed by atoms with Crippen LogP contribution in [0.25, 0.3) is 0 Å². The van der Waals surface area contributed by atoms with Crippen LogP contribution in [-0.4, -0.2) is 22.3 Å². The monoisotopic (exact) mass is 348 g/mol. The third-order valence-corrected chi connectivity index (χ3v) is 4.21. The molecule has 2 N–H and O–H groups in total. The van der Waals surface area contributed by atoms with Gasteiger partial charge in [-0.05, 0) is 29.6 Å². The molecule has 0 radical (unpaired) electrons. The topological polar surface area (TPSA) is 79.9 Å². The first-order valence-electron chi connectivity index (χ1n) is 6.74. The first-order chi connectivity index (χ1) is 11.2. The summed E-state index contributed by atoms with van der Waals surface area (Å²) in [4.78, 5) is 15.9. The minimum Gasteiger partial charge on any atom is -0.495 e. The summed E-state index contributed by atoms with van der Waals surface area (Å²) in [5, 5.41) is 13.5. The number of nitrogens with zero attached hydrogens (tertiary/aromatic N) is 2. The SMILES string of the molecule is COc1ccc(Cl)cc1Nc1nnc(Cc2cccs2)c(=O)[nH]1. The van der Waals surface area contributed by atoms with Gasteiger partial charge in [-0.15, -0.1) is 21.5 Å². The average molecular weight is 349 g/mol. The number of aromatic amines is 1. The Balaban J connectivity index is 1.83. The van der Waals surface area contributed by atoms with Crippen LogP contribution in [0, 0.1) is 0 Å². The van der Waals surface area contributed by atoms with E-state index in [0.29, 0.717) is 28.6 Å². The molecule has 1 aromatic carbocycles. The largest absolute Gasteiger partial charge is 0.495 e. The van der Waals surface area contributed by atoms with Gasteiger partial charge in [-0.3, -0.25) is 9.78 Å². The lowest BCUT2D eigenvalue weighted by Gasteiger charge is -2.10. The Labute approximate surface area is 141 Å². The Morgan fingerprint density at radius 2 is 2.22 bits per heavy atom. The molecule has 2 heterocycles. The van der Waals surface area contributed by atoms with Crippen molar-refractivity contribution in [2.45, 2.75) is 6.42 Å². The molecule has 3 aromatic rings. The predicted molar refractivity (Wildman–Crippen MR) is 91.1 cm³/mol. The molecule has 0 aliphatic rings. The summed E-state index contributed by atoms with van der Waals surface area (Å²) >= 11 is 7.55. The Bertz CT molecular complexity index is 864. The Hall–Kier alpha value is -2.38. The van der Waals surface area contributed by atoms with Gasteiger partial charge in [-0.1, -0.05) is 17.7 Å². The number of methoxy groups -OCH3 is 1. The highest BCUT2D eigenvalue weighted by Crippen LogP contribution is 2.29. The molecule has 3 rings (SSSR count). The molecule has 0 bridgehead atoms. The highest BCUT2D eigenvalue weighted by molar-refractivity contribution is 7.09. The highest BCUT2D eigenvalue weighted by atomic mass is 35.5. The van der Waals surface area contributed by atoms with Crippen LogP contribution in [-0.2, 0) is 6.42 Å². The average Bonchev–Trinajstić information content (AvgIpc) is 3.03. The normalized spacial score (nSPS) is 10.5. The van der Waals surface area contributed by atoms with E-state index in [1.807, 2.05) is 17.5 Å². The maximum absolute atomic E-state index is 12.1. The molecule has 0 aliphatic heterocycles. The third kappa shape index (κ3) is 3.69. The molecule has 0 saturated heterocycles. The van der Waals surface area contributed by atoms with E-state index in [0.717, 1.165) is 4.88 Å². The molecule has 0 aliphatic carbocycles. The van der Waals surface area contributed by atoms with Gasteiger partial charge in [0.2, 0.25) is 5.95 Å². The predicted octanol–water partition coefficient (Wildman–Crippen LogP) is 3.22. The number of H-pyrrole nitrogens is 1. The van der Waals surface area contributed by atoms with Crippen LogP contribution in [0.2, 0.25) is 5.02 Å². The van der Waals surface area contributed by atoms with E-state index in [1.165, 1.54) is 0 Å². The van der Waals surface area contributed by atoms with Crippen molar-refractivity contribution in [3.63, 3.8) is 0 Å². The summed E-state index contributed by atoms with van der Waals surface area (Å²) in [6.07, 6.45) is 0.459. The fourth-order valence-electron chi connectivity index (χ4n) is 2.02. The third-order valence-electron chi connectivity index (χ3n) is 3.10. The number of hydrogen-bond donors (Lipinski definition) is 2. The van der Waals surface area contributed by atoms with Crippen molar-refractivity contribution in [2.75, 3.05) is 12.4 Å². The van der Waals surface area contributed by atoms with Crippen LogP contribution in [0.1, 0.15) is 10.6 Å². The number of thiophene rings is 1. The first-order valence-corrected chi connectivity index (χ1v) is 8.00. The van der Waals surface area contributed by atoms with Crippen molar-refractivity contribution in [1.82, 2.24) is 15.2 Å². The number of aromatic nitrogens is 3. The second-order valence-corrected chi connectivity index (χ2v) is 6.14. The van der Waals surface area contributed by atoms with E-state index in [2.05, 4.69) is 20.5 Å². The number of halogens is 1. The van der Waals surface area contributed by atoms with Gasteiger partial charge >= 0.3 is 0 Å². The zero-order chi connectivity index (χ0) is 16.2. The van der Waals surface area contributed by atoms with Crippen molar-refractivity contribution in [2.24, 2.45) is 0 Å². The minimum atomic E-state index is -0.281. The number of rotatable bonds is 5. The van der Waals surface area contributed by atoms with Gasteiger partial charge in [0.1, 0.15) is 11.4 Å². The summed E-state index contributed by atoms with van der Waals surface area (Å²) in [6.45, 7) is 0. The minimum absolute atomic E-state index is 0.227. The summed E-state index contributed by atoms with van der Waals surface area (Å²) in [7, 11) is 1.55. The van der Waals surface area contributed by atoms with Crippen LogP contribution in [0.4, 0.5) is 11.6 Å². The van der Waals surface area contributed by atoms with E-state index in [4.69, 9.17) is 16.3 Å². The molecule has 118 valence electrons. The molecular weight excluding hydrogens is 336 g/mol. The van der Waals surface area contributed by atoms with E-state index >= 15 is 0 Å². The standard InChI is InChI=1S/C15H13ClN4O2S/c1-22-13-5-4-9(16)7-11(13)17-15-18-14(21)12(19-20-15)8-10-3-2-6-23-10/h2-7H,8H2,1H3,(H2,17,18,20,21). The smallest absolute Gasteiger partial charge is 0.274 e. The second-order valence-electron chi connectivity index (χ2n) is 4.68. The summed E-state index contributed by atoms with van der Waals surface area (Å²) in [5.74, 6) is 0.810. The van der Waals surface area contributed by atoms with Crippen LogP contribution in [0.15, 0.2) is 40.5 Å². The fraction of sp³-hybridized carbons (Fsp3) is 0.133. The van der Waals surface area contributed by atoms with Gasteiger partial charge in [0, 0.05) is 16.3 Å². The van der Waals surface area contributed by atoms with Crippen LogP contribution >= 0.6 is 22.9 Å². The summed E-state index contributed by atoms with van der Waals surface area (Å²) in [5.41, 5.74) is 0.684. The zero-order valence-corrected chi connectivity index (χ0v) is 13.7. The maximum Gasteiger partial charge on any atom is 0.274 e. The molecule has 0 spiro atoms. The molecule has 0 fully saturated rings. The van der Waals surface area contributed by atoms with Gasteiger partial charge in [-0.25, -0.2) is 0 Å². The van der Waals surface area contributed by atoms with E-state index < -0.39 is 0 Å². The molecule has 0 amide bonds. The lowest BCUT2D eigenvalue weighted by molar-refractivity contribution is 0.417. The van der Waals surface area contributed by atoms with Crippen molar-refractivity contribution in [3.05, 3.63) is 61.7 Å². The number of anilines is 2. The maximum atomic E-state index is 12.1. The van der Waals surface area contributed by atoms with Crippen LogP contribution < -0.4 is 15.6 Å². The lowest BCUT2D eigenvalue weighted by Crippen LogP contribution is -2.18. The Kier molecular flexibility index (Phi) is 4.59. The van der Waals surface area contributed by atoms with Gasteiger partial charge in [0.25, 0.3) is 5.56 Å². The van der Waals surface area contributed by atoms with Crippen molar-refractivity contribution in [3.8, 4) is 5.75 Å². The van der Waals surface area contributed by atoms with E-state index in [1.54, 1.807) is 36.6 Å². The van der Waals surface area contributed by atoms with Crippen molar-refractivity contribution < 1.29 is 4.74 Å². The molecular formula is C15H13ClN4O2S. The second kappa shape index (κ2) is 6.80. The molecule has 8 heteroatoms. The molecule has 6 nitrogen and oxygen atoms in total. The first kappa shape index (κ1) is 15.5. The molecule has 0 saturated carbocycles.